The van der Waals surface area contributed by atoms with Gasteiger partial charge < -0.3 is 4.74 Å². The number of hydrogen-bond donors (Lipinski definition) is 0. The first-order chi connectivity index (χ1) is 4.86. The summed E-state index contributed by atoms with van der Waals surface area (Å²) < 4.78 is 5.43. The van der Waals surface area contributed by atoms with E-state index in [-0.39, 0.29) is 0 Å². The van der Waals surface area contributed by atoms with Gasteiger partial charge in [0.05, 0.1) is 6.26 Å². The Kier molecular flexibility index (Phi) is 2.79. The van der Waals surface area contributed by atoms with Crippen LogP contribution in [0.1, 0.15) is 39.5 Å². The van der Waals surface area contributed by atoms with Crippen molar-refractivity contribution in [2.75, 3.05) is 0 Å². The zero-order valence-corrected chi connectivity index (χ0v) is 6.89. The van der Waals surface area contributed by atoms with Crippen molar-refractivity contribution in [1.29, 1.82) is 0 Å². The van der Waals surface area contributed by atoms with E-state index >= 15 is 0 Å². The van der Waals surface area contributed by atoms with Gasteiger partial charge in [-0.2, -0.15) is 0 Å². The second kappa shape index (κ2) is 3.65. The summed E-state index contributed by atoms with van der Waals surface area (Å²) in [4.78, 5) is 0. The first kappa shape index (κ1) is 7.64. The lowest BCUT2D eigenvalue weighted by Crippen LogP contribution is -2.03. The molecule has 1 atom stereocenters. The maximum atomic E-state index is 5.43. The molecule has 1 unspecified atom stereocenters. The highest BCUT2D eigenvalue weighted by molar-refractivity contribution is 5.04. The fraction of sp³-hybridized carbons (Fsp3) is 0.778. The lowest BCUT2D eigenvalue weighted by molar-refractivity contribution is 0.160. The van der Waals surface area contributed by atoms with Gasteiger partial charge in [0.2, 0.25) is 0 Å². The Morgan fingerprint density at radius 3 is 2.90 bits per heavy atom. The van der Waals surface area contributed by atoms with Gasteiger partial charge in [-0.05, 0) is 18.4 Å². The summed E-state index contributed by atoms with van der Waals surface area (Å²) >= 11 is 0. The molecule has 0 saturated carbocycles. The summed E-state index contributed by atoms with van der Waals surface area (Å²) in [7, 11) is 0. The van der Waals surface area contributed by atoms with Crippen LogP contribution in [0.3, 0.4) is 0 Å². The fourth-order valence-electron chi connectivity index (χ4n) is 1.30. The van der Waals surface area contributed by atoms with E-state index in [9.17, 15) is 0 Å². The van der Waals surface area contributed by atoms with Crippen LogP contribution in [0.25, 0.3) is 0 Å². The molecule has 0 fully saturated rings. The van der Waals surface area contributed by atoms with Gasteiger partial charge in [-0.3, -0.25) is 0 Å². The first-order valence-corrected chi connectivity index (χ1v) is 4.20. The van der Waals surface area contributed by atoms with Crippen LogP contribution in [0.15, 0.2) is 11.8 Å². The highest BCUT2D eigenvalue weighted by atomic mass is 16.5. The average molecular weight is 140 g/mol. The number of ether oxygens (including phenoxy) is 1. The van der Waals surface area contributed by atoms with Gasteiger partial charge in [-0.1, -0.05) is 20.3 Å². The van der Waals surface area contributed by atoms with Crippen molar-refractivity contribution >= 4 is 0 Å². The van der Waals surface area contributed by atoms with Crippen molar-refractivity contribution in [3.05, 3.63) is 11.8 Å². The largest absolute Gasteiger partial charge is 0.498 e. The molecule has 0 aromatic carbocycles. The van der Waals surface area contributed by atoms with E-state index in [1.807, 2.05) is 6.26 Å². The van der Waals surface area contributed by atoms with E-state index in [1.54, 1.807) is 0 Å². The number of hydrogen-bond acceptors (Lipinski definition) is 1. The summed E-state index contributed by atoms with van der Waals surface area (Å²) in [5.41, 5.74) is 1.47. The minimum Gasteiger partial charge on any atom is -0.498 e. The molecular weight excluding hydrogens is 124 g/mol. The Morgan fingerprint density at radius 1 is 1.60 bits per heavy atom. The minimum absolute atomic E-state index is 0.500. The van der Waals surface area contributed by atoms with Crippen LogP contribution >= 0.6 is 0 Å². The predicted molar refractivity (Wildman–Crippen MR) is 42.8 cm³/mol. The Labute approximate surface area is 63.1 Å². The second-order valence-electron chi connectivity index (χ2n) is 2.88. The van der Waals surface area contributed by atoms with Crippen molar-refractivity contribution in [3.8, 4) is 0 Å². The standard InChI is InChI=1S/C9H16O/c1-3-5-9-6-8(4-2)7-10-9/h7,9H,3-6H2,1-2H3. The zero-order chi connectivity index (χ0) is 7.40. The van der Waals surface area contributed by atoms with E-state index in [4.69, 9.17) is 4.74 Å². The molecule has 0 aliphatic carbocycles. The molecule has 0 amide bonds. The summed E-state index contributed by atoms with van der Waals surface area (Å²) in [5, 5.41) is 0. The minimum atomic E-state index is 0.500. The van der Waals surface area contributed by atoms with Gasteiger partial charge in [-0.15, -0.1) is 0 Å². The smallest absolute Gasteiger partial charge is 0.102 e. The quantitative estimate of drug-likeness (QED) is 0.585. The van der Waals surface area contributed by atoms with E-state index in [1.165, 1.54) is 24.8 Å². The van der Waals surface area contributed by atoms with Gasteiger partial charge in [0.1, 0.15) is 6.10 Å². The van der Waals surface area contributed by atoms with Gasteiger partial charge in [0, 0.05) is 6.42 Å². The normalized spacial score (nSPS) is 24.2. The molecule has 1 heteroatoms. The summed E-state index contributed by atoms with van der Waals surface area (Å²) in [6.07, 6.45) is 7.21. The Balaban J connectivity index is 2.22. The molecule has 58 valence electrons. The van der Waals surface area contributed by atoms with Crippen LogP contribution in [-0.4, -0.2) is 6.10 Å². The highest BCUT2D eigenvalue weighted by Gasteiger charge is 2.15. The van der Waals surface area contributed by atoms with Crippen molar-refractivity contribution < 1.29 is 4.74 Å². The monoisotopic (exact) mass is 140 g/mol. The summed E-state index contributed by atoms with van der Waals surface area (Å²) in [6.45, 7) is 4.39. The molecule has 0 saturated heterocycles. The Hall–Kier alpha value is -0.460. The second-order valence-corrected chi connectivity index (χ2v) is 2.88. The molecule has 0 spiro atoms. The lowest BCUT2D eigenvalue weighted by Gasteiger charge is -2.06. The molecule has 0 bridgehead atoms. The zero-order valence-electron chi connectivity index (χ0n) is 6.89. The van der Waals surface area contributed by atoms with E-state index in [0.717, 1.165) is 6.42 Å². The molecule has 0 N–H and O–H groups in total. The molecular formula is C9H16O. The van der Waals surface area contributed by atoms with Crippen molar-refractivity contribution in [2.24, 2.45) is 0 Å². The van der Waals surface area contributed by atoms with E-state index < -0.39 is 0 Å². The van der Waals surface area contributed by atoms with Crippen LogP contribution in [0.4, 0.5) is 0 Å². The maximum Gasteiger partial charge on any atom is 0.102 e. The van der Waals surface area contributed by atoms with E-state index in [2.05, 4.69) is 13.8 Å². The molecule has 0 aromatic heterocycles. The van der Waals surface area contributed by atoms with Crippen LogP contribution < -0.4 is 0 Å². The molecule has 0 aromatic rings. The molecule has 0 radical (unpaired) electrons. The van der Waals surface area contributed by atoms with Gasteiger partial charge in [0.25, 0.3) is 0 Å². The van der Waals surface area contributed by atoms with Crippen molar-refractivity contribution in [1.82, 2.24) is 0 Å². The molecule has 1 aliphatic rings. The highest BCUT2D eigenvalue weighted by Crippen LogP contribution is 2.22. The molecule has 1 nitrogen and oxygen atoms in total. The van der Waals surface area contributed by atoms with Crippen LogP contribution in [-0.2, 0) is 4.74 Å². The average Bonchev–Trinajstić information content (AvgIpc) is 2.37. The molecule has 1 rings (SSSR count). The molecule has 1 heterocycles. The van der Waals surface area contributed by atoms with Crippen molar-refractivity contribution in [2.45, 2.75) is 45.6 Å². The SMILES string of the molecule is CCCC1CC(CC)=CO1. The topological polar surface area (TPSA) is 9.23 Å². The van der Waals surface area contributed by atoms with Crippen LogP contribution in [0.5, 0.6) is 0 Å². The van der Waals surface area contributed by atoms with Gasteiger partial charge in [-0.25, -0.2) is 0 Å². The first-order valence-electron chi connectivity index (χ1n) is 4.20. The fourth-order valence-corrected chi connectivity index (χ4v) is 1.30. The Morgan fingerprint density at radius 2 is 2.40 bits per heavy atom. The Bertz CT molecular complexity index is 127. The van der Waals surface area contributed by atoms with Gasteiger partial charge in [0.15, 0.2) is 0 Å². The third-order valence-electron chi connectivity index (χ3n) is 1.98. The molecule has 1 aliphatic heterocycles. The predicted octanol–water partition coefficient (Wildman–Crippen LogP) is 2.87. The summed E-state index contributed by atoms with van der Waals surface area (Å²) in [5.74, 6) is 0. The maximum absolute atomic E-state index is 5.43. The molecule has 10 heavy (non-hydrogen) atoms. The summed E-state index contributed by atoms with van der Waals surface area (Å²) in [6, 6.07) is 0. The lowest BCUT2D eigenvalue weighted by atomic mass is 10.1. The van der Waals surface area contributed by atoms with Gasteiger partial charge >= 0.3 is 0 Å². The number of rotatable bonds is 3. The van der Waals surface area contributed by atoms with Crippen molar-refractivity contribution in [3.63, 3.8) is 0 Å². The van der Waals surface area contributed by atoms with Crippen LogP contribution in [0, 0.1) is 0 Å². The third-order valence-corrected chi connectivity index (χ3v) is 1.98. The third kappa shape index (κ3) is 1.76. The van der Waals surface area contributed by atoms with Crippen LogP contribution in [0.2, 0.25) is 0 Å². The van der Waals surface area contributed by atoms with E-state index in [0.29, 0.717) is 6.10 Å².